The summed E-state index contributed by atoms with van der Waals surface area (Å²) in [5, 5.41) is 0. The third-order valence-corrected chi connectivity index (χ3v) is 12.8. The van der Waals surface area contributed by atoms with Gasteiger partial charge in [-0.05, 0) is 0 Å². The molecule has 0 aromatic heterocycles. The van der Waals surface area contributed by atoms with Crippen LogP contribution in [0.25, 0.3) is 0 Å². The first-order valence-electron chi connectivity index (χ1n) is 5.56. The van der Waals surface area contributed by atoms with Crippen molar-refractivity contribution in [1.82, 2.24) is 0 Å². The van der Waals surface area contributed by atoms with Crippen LogP contribution in [0.15, 0.2) is 44.2 Å². The normalized spacial score (nSPS) is 25.9. The molecule has 2 aliphatic carbocycles. The monoisotopic (exact) mass is 290 g/mol. The molecule has 0 amide bonds. The Morgan fingerprint density at radius 1 is 1.00 bits per heavy atom. The largest absolute Gasteiger partial charge is 1.00 e. The minimum atomic E-state index is -1.64. The standard InChI is InChI=1S/2C5H5.C3H6.2ClH.Ti/c2*1-2-4-5-3-1;1-3-2;;;/h2*1-3H,4H2;3H,1H2,2H3;2*1H;/q;;;;;+2/p-2. The van der Waals surface area contributed by atoms with Crippen molar-refractivity contribution < 1.29 is 41.4 Å². The van der Waals surface area contributed by atoms with Gasteiger partial charge in [0.15, 0.2) is 0 Å². The first-order chi connectivity index (χ1) is 6.84. The molecule has 0 aromatic rings. The summed E-state index contributed by atoms with van der Waals surface area (Å²) in [5.74, 6) is 0. The van der Waals surface area contributed by atoms with Gasteiger partial charge in [-0.25, -0.2) is 0 Å². The molecule has 1 fully saturated rings. The molecule has 0 saturated carbocycles. The van der Waals surface area contributed by atoms with Gasteiger partial charge in [-0.15, -0.1) is 0 Å². The molecule has 3 heteroatoms. The smallest absolute Gasteiger partial charge is 1.00 e. The van der Waals surface area contributed by atoms with Crippen LogP contribution >= 0.6 is 0 Å². The zero-order chi connectivity index (χ0) is 9.60. The fourth-order valence-electron chi connectivity index (χ4n) is 3.08. The van der Waals surface area contributed by atoms with Crippen LogP contribution in [0.4, 0.5) is 0 Å². The first kappa shape index (κ1) is 14.3. The van der Waals surface area contributed by atoms with Gasteiger partial charge in [0.2, 0.25) is 0 Å². The number of rotatable bonds is 2. The summed E-state index contributed by atoms with van der Waals surface area (Å²) in [6.07, 6.45) is 16.5. The number of halogens is 2. The van der Waals surface area contributed by atoms with Crippen LogP contribution in [-0.4, -0.2) is 0 Å². The van der Waals surface area contributed by atoms with Gasteiger partial charge < -0.3 is 24.8 Å². The van der Waals surface area contributed by atoms with Gasteiger partial charge in [0, 0.05) is 0 Å². The van der Waals surface area contributed by atoms with E-state index in [4.69, 9.17) is 0 Å². The van der Waals surface area contributed by atoms with E-state index >= 15 is 0 Å². The number of hydrogen-bond donors (Lipinski definition) is 0. The van der Waals surface area contributed by atoms with Crippen LogP contribution < -0.4 is 24.8 Å². The Morgan fingerprint density at radius 3 is 1.69 bits per heavy atom. The summed E-state index contributed by atoms with van der Waals surface area (Å²) < 4.78 is 6.29. The zero-order valence-electron chi connectivity index (χ0n) is 9.42. The average Bonchev–Trinajstić information content (AvgIpc) is 2.78. The second-order valence-corrected chi connectivity index (χ2v) is 11.9. The molecule has 0 spiro atoms. The molecule has 86 valence electrons. The predicted octanol–water partition coefficient (Wildman–Crippen LogP) is -1.92. The van der Waals surface area contributed by atoms with Gasteiger partial charge in [-0.1, -0.05) is 0 Å². The molecule has 3 rings (SSSR count). The number of hydrogen-bond acceptors (Lipinski definition) is 0. The minimum Gasteiger partial charge on any atom is -1.00 e. The minimum absolute atomic E-state index is 0. The Balaban J connectivity index is 0.000000640. The van der Waals surface area contributed by atoms with Gasteiger partial charge in [0.05, 0.1) is 0 Å². The van der Waals surface area contributed by atoms with Crippen molar-refractivity contribution in [2.75, 3.05) is 0 Å². The van der Waals surface area contributed by atoms with Crippen LogP contribution in [0.5, 0.6) is 0 Å². The van der Waals surface area contributed by atoms with Crippen molar-refractivity contribution in [3.05, 3.63) is 44.2 Å². The van der Waals surface area contributed by atoms with Gasteiger partial charge in [0.1, 0.15) is 0 Å². The molecule has 0 radical (unpaired) electrons. The Labute approximate surface area is 114 Å². The molecule has 0 N–H and O–H groups in total. The van der Waals surface area contributed by atoms with Gasteiger partial charge in [-0.3, -0.25) is 0 Å². The molecule has 1 unspecified atom stereocenters. The summed E-state index contributed by atoms with van der Waals surface area (Å²) >= 11 is -1.64. The third-order valence-electron chi connectivity index (χ3n) is 4.00. The summed E-state index contributed by atoms with van der Waals surface area (Å²) in [6.45, 7) is 2.47. The van der Waals surface area contributed by atoms with Crippen LogP contribution in [0.3, 0.4) is 0 Å². The molecule has 1 atom stereocenters. The van der Waals surface area contributed by atoms with Crippen LogP contribution in [-0.2, 0) is 16.6 Å². The predicted molar refractivity (Wildman–Crippen MR) is 57.9 cm³/mol. The van der Waals surface area contributed by atoms with E-state index in [1.54, 1.807) is 4.73 Å². The van der Waals surface area contributed by atoms with Crippen molar-refractivity contribution in [3.63, 3.8) is 0 Å². The Kier molecular flexibility index (Phi) is 4.71. The molecule has 0 aromatic carbocycles. The fraction of sp³-hybridized carbons (Fsp3) is 0.385. The maximum Gasteiger partial charge on any atom is -1.00 e. The van der Waals surface area contributed by atoms with Gasteiger partial charge in [0.25, 0.3) is 0 Å². The maximum absolute atomic E-state index is 2.47. The van der Waals surface area contributed by atoms with Crippen LogP contribution in [0.2, 0.25) is 8.95 Å². The molecular weight excluding hydrogens is 275 g/mol. The topological polar surface area (TPSA) is 0 Å². The van der Waals surface area contributed by atoms with Crippen molar-refractivity contribution in [2.24, 2.45) is 0 Å². The van der Waals surface area contributed by atoms with E-state index in [9.17, 15) is 0 Å². The molecule has 0 nitrogen and oxygen atoms in total. The van der Waals surface area contributed by atoms with E-state index in [2.05, 4.69) is 43.4 Å². The SMILES string of the molecule is C[CH]1[CH2][Ti+2]1([C]1=CC=CC1)[C]1=CC=CC1.[Cl-].[Cl-]. The summed E-state index contributed by atoms with van der Waals surface area (Å²) in [4.78, 5) is 0. The van der Waals surface area contributed by atoms with Crippen molar-refractivity contribution in [1.29, 1.82) is 0 Å². The van der Waals surface area contributed by atoms with Crippen LogP contribution in [0, 0.1) is 0 Å². The van der Waals surface area contributed by atoms with Gasteiger partial charge >= 0.3 is 89.5 Å². The van der Waals surface area contributed by atoms with E-state index in [0.717, 1.165) is 4.22 Å². The summed E-state index contributed by atoms with van der Waals surface area (Å²) in [7, 11) is 0. The Hall–Kier alpha value is 0.254. The summed E-state index contributed by atoms with van der Waals surface area (Å²) in [5.41, 5.74) is 0. The molecule has 1 heterocycles. The van der Waals surface area contributed by atoms with E-state index in [1.165, 1.54) is 12.8 Å². The molecule has 1 saturated heterocycles. The van der Waals surface area contributed by atoms with E-state index in [-0.39, 0.29) is 24.8 Å². The Morgan fingerprint density at radius 2 is 1.44 bits per heavy atom. The molecule has 16 heavy (non-hydrogen) atoms. The van der Waals surface area contributed by atoms with Crippen molar-refractivity contribution >= 4 is 0 Å². The fourth-order valence-corrected chi connectivity index (χ4v) is 11.9. The van der Waals surface area contributed by atoms with E-state index in [1.807, 2.05) is 7.76 Å². The quantitative estimate of drug-likeness (QED) is 0.520. The molecule has 0 bridgehead atoms. The first-order valence-corrected chi connectivity index (χ1v) is 9.13. The molecule has 1 aliphatic heterocycles. The Bertz CT molecular complexity index is 361. The van der Waals surface area contributed by atoms with Crippen LogP contribution in [0.1, 0.15) is 19.8 Å². The van der Waals surface area contributed by atoms with Crippen molar-refractivity contribution in [2.45, 2.75) is 28.7 Å². The van der Waals surface area contributed by atoms with E-state index < -0.39 is 16.6 Å². The third kappa shape index (κ3) is 2.01. The average molecular weight is 291 g/mol. The number of allylic oxidation sites excluding steroid dienone is 8. The van der Waals surface area contributed by atoms with Crippen molar-refractivity contribution in [3.8, 4) is 0 Å². The molecule has 3 aliphatic rings. The molecular formula is C13H16Cl2Ti. The summed E-state index contributed by atoms with van der Waals surface area (Å²) in [6, 6.07) is 0. The second-order valence-electron chi connectivity index (χ2n) is 4.72. The second kappa shape index (κ2) is 5.27. The van der Waals surface area contributed by atoms with E-state index in [0.29, 0.717) is 0 Å². The maximum atomic E-state index is 2.47. The zero-order valence-corrected chi connectivity index (χ0v) is 12.5. The van der Waals surface area contributed by atoms with Gasteiger partial charge in [-0.2, -0.15) is 0 Å².